The molecule has 0 fully saturated rings. The Morgan fingerprint density at radius 1 is 1.04 bits per heavy atom. The van der Waals surface area contributed by atoms with E-state index in [2.05, 4.69) is 20.9 Å². The molecule has 0 saturated heterocycles. The van der Waals surface area contributed by atoms with Gasteiger partial charge in [0.1, 0.15) is 0 Å². The molecule has 0 aliphatic carbocycles. The van der Waals surface area contributed by atoms with Crippen LogP contribution in [-0.4, -0.2) is 18.1 Å². The molecular formula is C19H14BrNO4. The minimum Gasteiger partial charge on any atom is -0.493 e. The summed E-state index contributed by atoms with van der Waals surface area (Å²) >= 11 is 3.15. The topological polar surface area (TPSA) is 61.6 Å². The molecule has 0 aliphatic rings. The molecule has 0 unspecified atom stereocenters. The Morgan fingerprint density at radius 2 is 1.80 bits per heavy atom. The van der Waals surface area contributed by atoms with Crippen molar-refractivity contribution in [2.75, 3.05) is 7.11 Å². The van der Waals surface area contributed by atoms with Crippen LogP contribution in [0.5, 0.6) is 11.5 Å². The van der Waals surface area contributed by atoms with Crippen molar-refractivity contribution in [1.82, 2.24) is 4.98 Å². The number of benzene rings is 1. The number of methoxy groups -OCH3 is 1. The van der Waals surface area contributed by atoms with E-state index in [0.717, 1.165) is 11.1 Å². The Morgan fingerprint density at radius 3 is 2.48 bits per heavy atom. The van der Waals surface area contributed by atoms with Crippen molar-refractivity contribution in [3.8, 4) is 11.5 Å². The lowest BCUT2D eigenvalue weighted by molar-refractivity contribution is 0.0695. The number of carbonyl (C=O) groups is 1. The summed E-state index contributed by atoms with van der Waals surface area (Å²) in [5.41, 5.74) is 1.95. The second-order valence-corrected chi connectivity index (χ2v) is 5.80. The number of rotatable bonds is 5. The van der Waals surface area contributed by atoms with Gasteiger partial charge >= 0.3 is 5.97 Å². The molecule has 5 nitrogen and oxygen atoms in total. The van der Waals surface area contributed by atoms with Crippen molar-refractivity contribution in [1.29, 1.82) is 0 Å². The Bertz CT molecular complexity index is 903. The van der Waals surface area contributed by atoms with E-state index in [9.17, 15) is 4.79 Å². The van der Waals surface area contributed by atoms with E-state index in [1.54, 1.807) is 30.6 Å². The maximum absolute atomic E-state index is 12.1. The van der Waals surface area contributed by atoms with Crippen LogP contribution >= 0.6 is 15.9 Å². The molecule has 2 heterocycles. The van der Waals surface area contributed by atoms with Gasteiger partial charge in [-0.25, -0.2) is 4.79 Å². The predicted octanol–water partition coefficient (Wildman–Crippen LogP) is 4.84. The number of esters is 1. The van der Waals surface area contributed by atoms with Gasteiger partial charge in [0.05, 0.1) is 7.11 Å². The van der Waals surface area contributed by atoms with Crippen LogP contribution in [0.4, 0.5) is 0 Å². The molecular weight excluding hydrogens is 386 g/mol. The molecule has 3 aromatic rings. The maximum atomic E-state index is 12.1. The number of ether oxygens (including phenoxy) is 2. The summed E-state index contributed by atoms with van der Waals surface area (Å²) in [6, 6.07) is 12.3. The van der Waals surface area contributed by atoms with Gasteiger partial charge in [-0.15, -0.1) is 0 Å². The zero-order valence-electron chi connectivity index (χ0n) is 13.3. The molecule has 1 aromatic carbocycles. The summed E-state index contributed by atoms with van der Waals surface area (Å²) in [5.74, 6) is 0.289. The molecule has 25 heavy (non-hydrogen) atoms. The Hall–Kier alpha value is -2.86. The normalized spacial score (nSPS) is 10.8. The van der Waals surface area contributed by atoms with Crippen LogP contribution < -0.4 is 9.47 Å². The monoisotopic (exact) mass is 399 g/mol. The van der Waals surface area contributed by atoms with E-state index in [0.29, 0.717) is 16.2 Å². The third-order valence-corrected chi connectivity index (χ3v) is 3.77. The van der Waals surface area contributed by atoms with Gasteiger partial charge in [0.15, 0.2) is 16.2 Å². The molecule has 0 spiro atoms. The molecule has 0 radical (unpaired) electrons. The molecule has 0 saturated carbocycles. The average molecular weight is 400 g/mol. The summed E-state index contributed by atoms with van der Waals surface area (Å²) in [6.45, 7) is 0. The van der Waals surface area contributed by atoms with Crippen LogP contribution in [-0.2, 0) is 0 Å². The van der Waals surface area contributed by atoms with Crippen molar-refractivity contribution >= 4 is 34.1 Å². The number of hydrogen-bond acceptors (Lipinski definition) is 5. The third-order valence-electron chi connectivity index (χ3n) is 3.34. The maximum Gasteiger partial charge on any atom is 0.379 e. The summed E-state index contributed by atoms with van der Waals surface area (Å²) in [4.78, 5) is 16.1. The third kappa shape index (κ3) is 4.36. The molecule has 0 bridgehead atoms. The number of furan rings is 1. The minimum absolute atomic E-state index is 0.107. The van der Waals surface area contributed by atoms with Gasteiger partial charge in [-0.05, 0) is 63.5 Å². The highest BCUT2D eigenvalue weighted by Gasteiger charge is 2.16. The van der Waals surface area contributed by atoms with E-state index < -0.39 is 5.97 Å². The zero-order valence-corrected chi connectivity index (χ0v) is 14.9. The molecule has 0 atom stereocenters. The van der Waals surface area contributed by atoms with Crippen LogP contribution in [0, 0.1) is 0 Å². The number of nitrogens with zero attached hydrogens (tertiary/aromatic N) is 1. The number of aromatic nitrogens is 1. The number of hydrogen-bond donors (Lipinski definition) is 0. The first kappa shape index (κ1) is 17.0. The lowest BCUT2D eigenvalue weighted by Gasteiger charge is -2.09. The van der Waals surface area contributed by atoms with Gasteiger partial charge in [0, 0.05) is 12.4 Å². The summed E-state index contributed by atoms with van der Waals surface area (Å²) in [6.07, 6.45) is 7.36. The first-order valence-electron chi connectivity index (χ1n) is 7.39. The Kier molecular flexibility index (Phi) is 5.30. The Labute approximate surface area is 153 Å². The van der Waals surface area contributed by atoms with Gasteiger partial charge in [-0.1, -0.05) is 18.2 Å². The van der Waals surface area contributed by atoms with Crippen LogP contribution in [0.25, 0.3) is 12.2 Å². The number of halogens is 1. The van der Waals surface area contributed by atoms with Crippen LogP contribution in [0.15, 0.2) is 63.9 Å². The summed E-state index contributed by atoms with van der Waals surface area (Å²) < 4.78 is 16.3. The van der Waals surface area contributed by atoms with Crippen molar-refractivity contribution in [2.24, 2.45) is 0 Å². The summed E-state index contributed by atoms with van der Waals surface area (Å²) in [7, 11) is 1.52. The smallest absolute Gasteiger partial charge is 0.379 e. The fraction of sp³-hybridized carbons (Fsp3) is 0.0526. The van der Waals surface area contributed by atoms with E-state index in [1.807, 2.05) is 30.4 Å². The second-order valence-electron chi connectivity index (χ2n) is 5.02. The molecule has 2 aromatic heterocycles. The fourth-order valence-electron chi connectivity index (χ4n) is 2.11. The van der Waals surface area contributed by atoms with Crippen LogP contribution in [0.3, 0.4) is 0 Å². The second kappa shape index (κ2) is 7.81. The molecule has 0 aliphatic heterocycles. The summed E-state index contributed by atoms with van der Waals surface area (Å²) in [5, 5.41) is 0. The molecule has 6 heteroatoms. The Balaban J connectivity index is 1.77. The predicted molar refractivity (Wildman–Crippen MR) is 97.5 cm³/mol. The molecule has 126 valence electrons. The van der Waals surface area contributed by atoms with Crippen molar-refractivity contribution in [3.05, 3.63) is 76.4 Å². The minimum atomic E-state index is -0.593. The van der Waals surface area contributed by atoms with Crippen molar-refractivity contribution in [3.63, 3.8) is 0 Å². The standard InChI is InChI=1S/C19H14BrNO4/c1-23-17-12-14(3-2-13-8-10-21-11-9-13)4-5-15(17)25-19(22)16-6-7-18(20)24-16/h2-12H,1H3/b3-2+. The highest BCUT2D eigenvalue weighted by atomic mass is 79.9. The van der Waals surface area contributed by atoms with Crippen LogP contribution in [0.2, 0.25) is 0 Å². The van der Waals surface area contributed by atoms with Crippen molar-refractivity contribution < 1.29 is 18.7 Å². The van der Waals surface area contributed by atoms with E-state index in [-0.39, 0.29) is 5.76 Å². The van der Waals surface area contributed by atoms with E-state index >= 15 is 0 Å². The van der Waals surface area contributed by atoms with Gasteiger partial charge in [0.2, 0.25) is 5.76 Å². The first-order valence-corrected chi connectivity index (χ1v) is 8.18. The largest absolute Gasteiger partial charge is 0.493 e. The number of pyridine rings is 1. The fourth-order valence-corrected chi connectivity index (χ4v) is 2.42. The SMILES string of the molecule is COc1cc(/C=C/c2ccncc2)ccc1OC(=O)c1ccc(Br)o1. The van der Waals surface area contributed by atoms with Gasteiger partial charge in [0.25, 0.3) is 0 Å². The first-order chi connectivity index (χ1) is 12.2. The quantitative estimate of drug-likeness (QED) is 0.453. The highest BCUT2D eigenvalue weighted by Crippen LogP contribution is 2.30. The lowest BCUT2D eigenvalue weighted by atomic mass is 10.1. The molecule has 0 amide bonds. The average Bonchev–Trinajstić information content (AvgIpc) is 3.08. The van der Waals surface area contributed by atoms with E-state index in [1.165, 1.54) is 13.2 Å². The van der Waals surface area contributed by atoms with Crippen LogP contribution in [0.1, 0.15) is 21.7 Å². The lowest BCUT2D eigenvalue weighted by Crippen LogP contribution is -2.08. The van der Waals surface area contributed by atoms with Gasteiger partial charge in [-0.3, -0.25) is 4.98 Å². The molecule has 0 N–H and O–H groups in total. The highest BCUT2D eigenvalue weighted by molar-refractivity contribution is 9.10. The van der Waals surface area contributed by atoms with Gasteiger partial charge < -0.3 is 13.9 Å². The number of carbonyl (C=O) groups excluding carboxylic acids is 1. The zero-order chi connectivity index (χ0) is 17.6. The molecule has 3 rings (SSSR count). The van der Waals surface area contributed by atoms with E-state index in [4.69, 9.17) is 13.9 Å². The van der Waals surface area contributed by atoms with Crippen molar-refractivity contribution in [2.45, 2.75) is 0 Å². The van der Waals surface area contributed by atoms with Gasteiger partial charge in [-0.2, -0.15) is 0 Å².